The number of imide groups is 1. The van der Waals surface area contributed by atoms with Gasteiger partial charge in [-0.25, -0.2) is 4.90 Å². The summed E-state index contributed by atoms with van der Waals surface area (Å²) in [6.07, 6.45) is 5.83. The molecule has 1 aliphatic heterocycles. The van der Waals surface area contributed by atoms with Gasteiger partial charge in [0.15, 0.2) is 0 Å². The predicted octanol–water partition coefficient (Wildman–Crippen LogP) is 3.50. The van der Waals surface area contributed by atoms with Crippen molar-refractivity contribution < 1.29 is 14.3 Å². The lowest BCUT2D eigenvalue weighted by atomic mass is 9.85. The zero-order chi connectivity index (χ0) is 15.7. The molecular weight excluding hydrogens is 302 g/mol. The molecule has 1 atom stereocenters. The van der Waals surface area contributed by atoms with Crippen LogP contribution in [0.4, 0.5) is 5.69 Å². The summed E-state index contributed by atoms with van der Waals surface area (Å²) in [6.45, 7) is 3.89. The maximum absolute atomic E-state index is 12.5. The number of fused-ring (bicyclic) bond motifs is 1. The number of nitrogens with zero attached hydrogens (tertiary/aromatic N) is 1. The fraction of sp³-hybridized carbons (Fsp3) is 0.294. The maximum Gasteiger partial charge on any atom is 0.260 e. The molecule has 0 spiro atoms. The van der Waals surface area contributed by atoms with Gasteiger partial charge in [0.05, 0.1) is 16.6 Å². The van der Waals surface area contributed by atoms with Crippen LogP contribution in [-0.2, 0) is 9.59 Å². The van der Waals surface area contributed by atoms with E-state index >= 15 is 0 Å². The predicted molar refractivity (Wildman–Crippen MR) is 85.1 cm³/mol. The molecule has 5 heteroatoms. The van der Waals surface area contributed by atoms with E-state index < -0.39 is 0 Å². The Morgan fingerprint density at radius 2 is 2.23 bits per heavy atom. The lowest BCUT2D eigenvalue weighted by molar-refractivity contribution is -0.128. The van der Waals surface area contributed by atoms with E-state index in [1.54, 1.807) is 24.3 Å². The van der Waals surface area contributed by atoms with Crippen LogP contribution in [0, 0.1) is 5.92 Å². The van der Waals surface area contributed by atoms with Gasteiger partial charge < -0.3 is 4.74 Å². The molecule has 4 nitrogen and oxygen atoms in total. The molecule has 1 aromatic carbocycles. The molecule has 0 fully saturated rings. The van der Waals surface area contributed by atoms with E-state index in [0.717, 1.165) is 24.8 Å². The van der Waals surface area contributed by atoms with Crippen LogP contribution in [0.2, 0.25) is 5.02 Å². The average Bonchev–Trinajstić information content (AvgIpc) is 2.54. The van der Waals surface area contributed by atoms with Gasteiger partial charge in [-0.05, 0) is 31.4 Å². The second-order valence-corrected chi connectivity index (χ2v) is 5.79. The standard InChI is InChI=1S/C17H16ClNO3/c1-2-8-22-15-10-13(6-7-14(15)18)19-16(20)11-4-3-5-12(9-11)17(19)21/h2,6-7,9-11H,1,3-5,8H2. The van der Waals surface area contributed by atoms with Crippen molar-refractivity contribution in [3.05, 3.63) is 47.5 Å². The highest BCUT2D eigenvalue weighted by atomic mass is 35.5. The van der Waals surface area contributed by atoms with Crippen LogP contribution in [0.25, 0.3) is 0 Å². The molecule has 3 rings (SSSR count). The zero-order valence-electron chi connectivity index (χ0n) is 12.0. The molecule has 0 aromatic heterocycles. The van der Waals surface area contributed by atoms with Gasteiger partial charge in [-0.2, -0.15) is 0 Å². The third-order valence-electron chi connectivity index (χ3n) is 3.91. The summed E-state index contributed by atoms with van der Waals surface area (Å²) >= 11 is 6.08. The molecule has 0 saturated carbocycles. The van der Waals surface area contributed by atoms with Crippen LogP contribution in [0.15, 0.2) is 42.5 Å². The van der Waals surface area contributed by atoms with Gasteiger partial charge in [0.2, 0.25) is 5.91 Å². The number of rotatable bonds is 4. The highest BCUT2D eigenvalue weighted by Crippen LogP contribution is 2.36. The highest BCUT2D eigenvalue weighted by Gasteiger charge is 2.38. The third kappa shape index (κ3) is 2.55. The number of hydrogen-bond acceptors (Lipinski definition) is 3. The number of halogens is 1. The monoisotopic (exact) mass is 317 g/mol. The Balaban J connectivity index is 1.96. The first-order valence-corrected chi connectivity index (χ1v) is 7.62. The Hall–Kier alpha value is -2.07. The average molecular weight is 318 g/mol. The Labute approximate surface area is 134 Å². The molecule has 0 N–H and O–H groups in total. The molecule has 0 saturated heterocycles. The van der Waals surface area contributed by atoms with Crippen molar-refractivity contribution in [3.8, 4) is 5.75 Å². The Bertz CT molecular complexity index is 680. The first-order valence-electron chi connectivity index (χ1n) is 7.24. The van der Waals surface area contributed by atoms with Gasteiger partial charge in [-0.1, -0.05) is 30.3 Å². The van der Waals surface area contributed by atoms with E-state index in [4.69, 9.17) is 16.3 Å². The Morgan fingerprint density at radius 1 is 1.41 bits per heavy atom. The van der Waals surface area contributed by atoms with Gasteiger partial charge in [-0.3, -0.25) is 9.59 Å². The highest BCUT2D eigenvalue weighted by molar-refractivity contribution is 6.32. The summed E-state index contributed by atoms with van der Waals surface area (Å²) in [5.74, 6) is -0.178. The SMILES string of the molecule is C=CCOc1cc(N2C(=O)C3=CC(CCC3)C2=O)ccc1Cl. The lowest BCUT2D eigenvalue weighted by Crippen LogP contribution is -2.46. The largest absolute Gasteiger partial charge is 0.488 e. The van der Waals surface area contributed by atoms with Gasteiger partial charge >= 0.3 is 0 Å². The minimum Gasteiger partial charge on any atom is -0.488 e. The number of anilines is 1. The lowest BCUT2D eigenvalue weighted by Gasteiger charge is -2.33. The maximum atomic E-state index is 12.5. The van der Waals surface area contributed by atoms with E-state index in [1.807, 2.05) is 6.08 Å². The normalized spacial score (nSPS) is 20.7. The van der Waals surface area contributed by atoms with E-state index in [0.29, 0.717) is 23.1 Å². The van der Waals surface area contributed by atoms with Crippen molar-refractivity contribution in [2.75, 3.05) is 11.5 Å². The van der Waals surface area contributed by atoms with Crippen LogP contribution in [0.5, 0.6) is 5.75 Å². The summed E-state index contributed by atoms with van der Waals surface area (Å²) in [6, 6.07) is 4.93. The number of ether oxygens (including phenoxy) is 1. The number of hydrogen-bond donors (Lipinski definition) is 0. The quantitative estimate of drug-likeness (QED) is 0.630. The van der Waals surface area contributed by atoms with Crippen molar-refractivity contribution in [2.24, 2.45) is 5.92 Å². The molecule has 2 aliphatic rings. The van der Waals surface area contributed by atoms with E-state index in [-0.39, 0.29) is 17.7 Å². The van der Waals surface area contributed by atoms with Crippen LogP contribution >= 0.6 is 11.6 Å². The Morgan fingerprint density at radius 3 is 3.00 bits per heavy atom. The van der Waals surface area contributed by atoms with Gasteiger partial charge in [-0.15, -0.1) is 0 Å². The summed E-state index contributed by atoms with van der Waals surface area (Å²) in [7, 11) is 0. The van der Waals surface area contributed by atoms with Crippen molar-refractivity contribution in [1.82, 2.24) is 0 Å². The molecule has 22 heavy (non-hydrogen) atoms. The number of carbonyl (C=O) groups is 2. The number of benzene rings is 1. The minimum absolute atomic E-state index is 0.176. The van der Waals surface area contributed by atoms with Crippen LogP contribution < -0.4 is 9.64 Å². The van der Waals surface area contributed by atoms with Crippen LogP contribution in [-0.4, -0.2) is 18.4 Å². The smallest absolute Gasteiger partial charge is 0.260 e. The second kappa shape index (κ2) is 5.97. The first-order chi connectivity index (χ1) is 10.6. The third-order valence-corrected chi connectivity index (χ3v) is 4.22. The zero-order valence-corrected chi connectivity index (χ0v) is 12.8. The molecule has 2 bridgehead atoms. The molecule has 0 radical (unpaired) electrons. The van der Waals surface area contributed by atoms with Crippen molar-refractivity contribution in [2.45, 2.75) is 19.3 Å². The fourth-order valence-corrected chi connectivity index (χ4v) is 3.01. The van der Waals surface area contributed by atoms with Crippen LogP contribution in [0.3, 0.4) is 0 Å². The Kier molecular flexibility index (Phi) is 4.03. The van der Waals surface area contributed by atoms with Crippen LogP contribution in [0.1, 0.15) is 19.3 Å². The molecule has 1 aliphatic carbocycles. The topological polar surface area (TPSA) is 46.6 Å². The second-order valence-electron chi connectivity index (χ2n) is 5.38. The summed E-state index contributed by atoms with van der Waals surface area (Å²) in [5.41, 5.74) is 1.22. The fourth-order valence-electron chi connectivity index (χ4n) is 2.84. The van der Waals surface area contributed by atoms with Crippen molar-refractivity contribution in [3.63, 3.8) is 0 Å². The summed E-state index contributed by atoms with van der Waals surface area (Å²) < 4.78 is 5.47. The molecule has 1 heterocycles. The molecule has 114 valence electrons. The van der Waals surface area contributed by atoms with Crippen molar-refractivity contribution in [1.29, 1.82) is 0 Å². The van der Waals surface area contributed by atoms with E-state index in [2.05, 4.69) is 6.58 Å². The minimum atomic E-state index is -0.238. The molecular formula is C17H16ClNO3. The van der Waals surface area contributed by atoms with E-state index in [1.165, 1.54) is 4.90 Å². The van der Waals surface area contributed by atoms with Gasteiger partial charge in [0.25, 0.3) is 5.91 Å². The number of amides is 2. The molecule has 1 aromatic rings. The summed E-state index contributed by atoms with van der Waals surface area (Å²) in [4.78, 5) is 26.3. The van der Waals surface area contributed by atoms with Gasteiger partial charge in [0, 0.05) is 11.6 Å². The molecule has 2 amide bonds. The van der Waals surface area contributed by atoms with E-state index in [9.17, 15) is 9.59 Å². The molecule has 1 unspecified atom stereocenters. The summed E-state index contributed by atoms with van der Waals surface area (Å²) in [5, 5.41) is 0.432. The van der Waals surface area contributed by atoms with Gasteiger partial charge in [0.1, 0.15) is 12.4 Å². The first kappa shape index (κ1) is 14.9. The van der Waals surface area contributed by atoms with Crippen molar-refractivity contribution >= 4 is 29.1 Å². The number of carbonyl (C=O) groups excluding carboxylic acids is 2.